The number of guanidine groups is 1. The molecule has 0 spiro atoms. The zero-order valence-electron chi connectivity index (χ0n) is 18.4. The molecule has 168 valence electrons. The van der Waals surface area contributed by atoms with Crippen molar-refractivity contribution in [2.45, 2.75) is 12.6 Å². The maximum Gasteiger partial charge on any atom is 0.191 e. The van der Waals surface area contributed by atoms with Gasteiger partial charge >= 0.3 is 0 Å². The van der Waals surface area contributed by atoms with Crippen molar-refractivity contribution >= 4 is 5.96 Å². The maximum absolute atomic E-state index is 13.4. The molecule has 8 heteroatoms. The lowest BCUT2D eigenvalue weighted by molar-refractivity contribution is 0.0170. The molecule has 1 saturated heterocycles. The SMILES string of the molecule is CN=C(NCc1ccc(OC)c(OC)c1)NCC(c1ccc(F)cc1)N1CCOCC1. The Morgan fingerprint density at radius 3 is 2.42 bits per heavy atom. The summed E-state index contributed by atoms with van der Waals surface area (Å²) < 4.78 is 29.6. The summed E-state index contributed by atoms with van der Waals surface area (Å²) in [5, 5.41) is 6.74. The van der Waals surface area contributed by atoms with Crippen molar-refractivity contribution in [3.8, 4) is 11.5 Å². The van der Waals surface area contributed by atoms with Gasteiger partial charge in [-0.3, -0.25) is 9.89 Å². The van der Waals surface area contributed by atoms with Crippen molar-refractivity contribution in [2.75, 3.05) is 54.1 Å². The van der Waals surface area contributed by atoms with Gasteiger partial charge in [0.05, 0.1) is 33.5 Å². The Balaban J connectivity index is 1.63. The molecule has 2 N–H and O–H groups in total. The summed E-state index contributed by atoms with van der Waals surface area (Å²) >= 11 is 0. The van der Waals surface area contributed by atoms with Crippen LogP contribution in [0.15, 0.2) is 47.5 Å². The lowest BCUT2D eigenvalue weighted by Crippen LogP contribution is -2.46. The lowest BCUT2D eigenvalue weighted by atomic mass is 10.0. The van der Waals surface area contributed by atoms with E-state index >= 15 is 0 Å². The molecule has 0 bridgehead atoms. The average molecular weight is 431 g/mol. The highest BCUT2D eigenvalue weighted by Crippen LogP contribution is 2.27. The highest BCUT2D eigenvalue weighted by molar-refractivity contribution is 5.79. The minimum Gasteiger partial charge on any atom is -0.493 e. The number of nitrogens with one attached hydrogen (secondary N) is 2. The van der Waals surface area contributed by atoms with Crippen LogP contribution in [0.3, 0.4) is 0 Å². The third-order valence-corrected chi connectivity index (χ3v) is 5.34. The number of benzene rings is 2. The molecule has 31 heavy (non-hydrogen) atoms. The van der Waals surface area contributed by atoms with E-state index in [1.54, 1.807) is 21.3 Å². The summed E-state index contributed by atoms with van der Waals surface area (Å²) in [5.74, 6) is 1.84. The molecule has 2 aromatic rings. The third-order valence-electron chi connectivity index (χ3n) is 5.34. The van der Waals surface area contributed by atoms with Gasteiger partial charge in [-0.2, -0.15) is 0 Å². The zero-order valence-corrected chi connectivity index (χ0v) is 18.4. The number of hydrogen-bond donors (Lipinski definition) is 2. The van der Waals surface area contributed by atoms with Gasteiger partial charge in [-0.1, -0.05) is 18.2 Å². The van der Waals surface area contributed by atoms with Gasteiger partial charge in [0.2, 0.25) is 0 Å². The molecule has 0 saturated carbocycles. The first kappa shape index (κ1) is 22.8. The van der Waals surface area contributed by atoms with E-state index in [1.807, 2.05) is 30.3 Å². The maximum atomic E-state index is 13.4. The molecule has 0 radical (unpaired) electrons. The number of nitrogens with zero attached hydrogens (tertiary/aromatic N) is 2. The molecule has 2 aromatic carbocycles. The molecular formula is C23H31FN4O3. The molecule has 1 fully saturated rings. The summed E-state index contributed by atoms with van der Waals surface area (Å²) in [6.07, 6.45) is 0. The normalized spacial score (nSPS) is 15.9. The monoisotopic (exact) mass is 430 g/mol. The van der Waals surface area contributed by atoms with Gasteiger partial charge in [0.25, 0.3) is 0 Å². The van der Waals surface area contributed by atoms with E-state index in [2.05, 4.69) is 20.5 Å². The van der Waals surface area contributed by atoms with Gasteiger partial charge in [0, 0.05) is 33.2 Å². The zero-order chi connectivity index (χ0) is 22.1. The average Bonchev–Trinajstić information content (AvgIpc) is 2.82. The Kier molecular flexibility index (Phi) is 8.49. The Bertz CT molecular complexity index is 854. The quantitative estimate of drug-likeness (QED) is 0.496. The molecule has 0 aromatic heterocycles. The van der Waals surface area contributed by atoms with E-state index < -0.39 is 0 Å². The van der Waals surface area contributed by atoms with Crippen LogP contribution in [0.2, 0.25) is 0 Å². The first-order valence-corrected chi connectivity index (χ1v) is 10.4. The van der Waals surface area contributed by atoms with Crippen molar-refractivity contribution < 1.29 is 18.6 Å². The fraction of sp³-hybridized carbons (Fsp3) is 0.435. The Morgan fingerprint density at radius 2 is 1.77 bits per heavy atom. The fourth-order valence-electron chi connectivity index (χ4n) is 3.62. The van der Waals surface area contributed by atoms with Crippen LogP contribution in [-0.2, 0) is 11.3 Å². The topological polar surface area (TPSA) is 67.4 Å². The van der Waals surface area contributed by atoms with Gasteiger partial charge in [-0.25, -0.2) is 4.39 Å². The van der Waals surface area contributed by atoms with Gasteiger partial charge in [0.15, 0.2) is 17.5 Å². The number of ether oxygens (including phenoxy) is 3. The fourth-order valence-corrected chi connectivity index (χ4v) is 3.62. The summed E-state index contributed by atoms with van der Waals surface area (Å²) in [5.41, 5.74) is 2.11. The van der Waals surface area contributed by atoms with Crippen molar-refractivity contribution in [1.82, 2.24) is 15.5 Å². The van der Waals surface area contributed by atoms with E-state index in [4.69, 9.17) is 14.2 Å². The molecule has 3 rings (SSSR count). The Morgan fingerprint density at radius 1 is 1.06 bits per heavy atom. The van der Waals surface area contributed by atoms with Crippen molar-refractivity contribution in [3.63, 3.8) is 0 Å². The number of halogens is 1. The van der Waals surface area contributed by atoms with Gasteiger partial charge < -0.3 is 24.8 Å². The second kappa shape index (κ2) is 11.5. The molecule has 0 amide bonds. The van der Waals surface area contributed by atoms with Crippen LogP contribution in [0.25, 0.3) is 0 Å². The standard InChI is InChI=1S/C23H31FN4O3/c1-25-23(26-15-17-4-9-21(29-2)22(14-17)30-3)27-16-20(28-10-12-31-13-11-28)18-5-7-19(24)8-6-18/h4-9,14,20H,10-13,15-16H2,1-3H3,(H2,25,26,27). The number of aliphatic imine (C=N–C) groups is 1. The molecule has 1 aliphatic heterocycles. The predicted octanol–water partition coefficient (Wildman–Crippen LogP) is 2.58. The first-order valence-electron chi connectivity index (χ1n) is 10.4. The van der Waals surface area contributed by atoms with E-state index in [9.17, 15) is 4.39 Å². The number of morpholine rings is 1. The highest BCUT2D eigenvalue weighted by Gasteiger charge is 2.23. The highest BCUT2D eigenvalue weighted by atomic mass is 19.1. The number of rotatable bonds is 8. The van der Waals surface area contributed by atoms with Crippen LogP contribution in [0.1, 0.15) is 17.2 Å². The first-order chi connectivity index (χ1) is 15.1. The van der Waals surface area contributed by atoms with Crippen LogP contribution < -0.4 is 20.1 Å². The number of methoxy groups -OCH3 is 2. The third kappa shape index (κ3) is 6.32. The summed E-state index contributed by atoms with van der Waals surface area (Å²) in [7, 11) is 4.98. The van der Waals surface area contributed by atoms with E-state index in [0.29, 0.717) is 43.8 Å². The van der Waals surface area contributed by atoms with Crippen LogP contribution >= 0.6 is 0 Å². The second-order valence-corrected chi connectivity index (χ2v) is 7.21. The Hall–Kier alpha value is -2.84. The summed E-state index contributed by atoms with van der Waals surface area (Å²) in [6.45, 7) is 4.28. The van der Waals surface area contributed by atoms with Crippen LogP contribution in [-0.4, -0.2) is 65.0 Å². The molecule has 1 heterocycles. The minimum atomic E-state index is -0.232. The van der Waals surface area contributed by atoms with Crippen LogP contribution in [0, 0.1) is 5.82 Å². The van der Waals surface area contributed by atoms with Crippen molar-refractivity contribution in [1.29, 1.82) is 0 Å². The molecule has 7 nitrogen and oxygen atoms in total. The van der Waals surface area contributed by atoms with Gasteiger partial charge in [-0.05, 0) is 35.4 Å². The van der Waals surface area contributed by atoms with Crippen molar-refractivity contribution in [3.05, 3.63) is 59.4 Å². The minimum absolute atomic E-state index is 0.0872. The summed E-state index contributed by atoms with van der Waals surface area (Å²) in [6, 6.07) is 12.6. The van der Waals surface area contributed by atoms with E-state index in [0.717, 1.165) is 24.2 Å². The van der Waals surface area contributed by atoms with Crippen molar-refractivity contribution in [2.24, 2.45) is 4.99 Å². The predicted molar refractivity (Wildman–Crippen MR) is 119 cm³/mol. The van der Waals surface area contributed by atoms with Crippen LogP contribution in [0.4, 0.5) is 4.39 Å². The largest absolute Gasteiger partial charge is 0.493 e. The van der Waals surface area contributed by atoms with E-state index in [-0.39, 0.29) is 11.9 Å². The summed E-state index contributed by atoms with van der Waals surface area (Å²) in [4.78, 5) is 6.69. The molecular weight excluding hydrogens is 399 g/mol. The lowest BCUT2D eigenvalue weighted by Gasteiger charge is -2.35. The second-order valence-electron chi connectivity index (χ2n) is 7.21. The molecule has 1 atom stereocenters. The van der Waals surface area contributed by atoms with Gasteiger partial charge in [-0.15, -0.1) is 0 Å². The van der Waals surface area contributed by atoms with Crippen LogP contribution in [0.5, 0.6) is 11.5 Å². The van der Waals surface area contributed by atoms with E-state index in [1.165, 1.54) is 12.1 Å². The smallest absolute Gasteiger partial charge is 0.191 e. The molecule has 0 aliphatic carbocycles. The number of hydrogen-bond acceptors (Lipinski definition) is 5. The molecule has 1 unspecified atom stereocenters. The Labute approximate surface area is 183 Å². The van der Waals surface area contributed by atoms with Gasteiger partial charge in [0.1, 0.15) is 5.82 Å². The molecule has 1 aliphatic rings.